The minimum Gasteiger partial charge on any atom is -0.357 e. The first-order valence-corrected chi connectivity index (χ1v) is 8.77. The molecule has 0 aliphatic rings. The van der Waals surface area contributed by atoms with Gasteiger partial charge < -0.3 is 4.52 Å². The monoisotopic (exact) mass is 375 g/mol. The second-order valence-electron chi connectivity index (χ2n) is 5.35. The fourth-order valence-corrected chi connectivity index (χ4v) is 3.12. The summed E-state index contributed by atoms with van der Waals surface area (Å²) in [5.41, 5.74) is 1.37. The van der Waals surface area contributed by atoms with Crippen molar-refractivity contribution in [2.24, 2.45) is 5.14 Å². The van der Waals surface area contributed by atoms with Crippen molar-refractivity contribution in [2.45, 2.75) is 11.6 Å². The summed E-state index contributed by atoms with van der Waals surface area (Å²) in [5, 5.41) is 17.8. The molecule has 0 atom stereocenters. The van der Waals surface area contributed by atoms with Gasteiger partial charge in [0.15, 0.2) is 12.4 Å². The molecule has 3 rings (SSSR count). The summed E-state index contributed by atoms with van der Waals surface area (Å²) < 4.78 is 55.2. The maximum Gasteiger partial charge on any atom is 0.240 e. The van der Waals surface area contributed by atoms with Crippen LogP contribution in [-0.4, -0.2) is 13.6 Å². The smallest absolute Gasteiger partial charge is 0.240 e. The Balaban J connectivity index is 2.21. The number of halogens is 2. The fraction of sp³-hybridized carbons (Fsp3) is 0.0588. The van der Waals surface area contributed by atoms with Gasteiger partial charge in [0.1, 0.15) is 16.4 Å². The van der Waals surface area contributed by atoms with Crippen molar-refractivity contribution in [1.29, 1.82) is 5.26 Å². The van der Waals surface area contributed by atoms with Crippen LogP contribution < -0.4 is 5.14 Å². The van der Waals surface area contributed by atoms with Gasteiger partial charge in [-0.15, -0.1) is 0 Å². The van der Waals surface area contributed by atoms with E-state index in [0.717, 1.165) is 12.1 Å². The predicted octanol–water partition coefficient (Wildman–Crippen LogP) is 3.14. The highest BCUT2D eigenvalue weighted by molar-refractivity contribution is 7.89. The molecule has 6 nitrogen and oxygen atoms in total. The molecule has 132 valence electrons. The Morgan fingerprint density at radius 3 is 2.58 bits per heavy atom. The minimum atomic E-state index is -4.23. The van der Waals surface area contributed by atoms with Crippen LogP contribution in [0.5, 0.6) is 0 Å². The van der Waals surface area contributed by atoms with Crippen LogP contribution in [0, 0.1) is 17.1 Å². The van der Waals surface area contributed by atoms with Gasteiger partial charge in [-0.25, -0.2) is 22.3 Å². The van der Waals surface area contributed by atoms with Gasteiger partial charge in [0.05, 0.1) is 17.2 Å². The first-order chi connectivity index (χ1) is 12.3. The van der Waals surface area contributed by atoms with Crippen LogP contribution in [0.1, 0.15) is 11.3 Å². The van der Waals surface area contributed by atoms with Crippen LogP contribution in [0.25, 0.3) is 22.4 Å². The van der Waals surface area contributed by atoms with Crippen molar-refractivity contribution in [3.63, 3.8) is 0 Å². The predicted molar refractivity (Wildman–Crippen MR) is 88.2 cm³/mol. The van der Waals surface area contributed by atoms with Gasteiger partial charge in [-0.2, -0.15) is 5.26 Å². The van der Waals surface area contributed by atoms with Crippen LogP contribution in [0.2, 0.25) is 0 Å². The van der Waals surface area contributed by atoms with E-state index in [0.29, 0.717) is 11.1 Å². The molecule has 1 aromatic heterocycles. The van der Waals surface area contributed by atoms with Crippen molar-refractivity contribution in [1.82, 2.24) is 5.16 Å². The number of rotatable bonds is 4. The minimum absolute atomic E-state index is 0.148. The summed E-state index contributed by atoms with van der Waals surface area (Å²) in [5.74, 6) is -1.22. The SMILES string of the molecule is N#Cc1cccc(-c2noc(CF)c2-c2ccc(S(N)(=O)=O)c(F)c2)c1. The molecule has 2 N–H and O–H groups in total. The molecule has 0 bridgehead atoms. The molecule has 0 radical (unpaired) electrons. The molecule has 0 spiro atoms. The zero-order valence-electron chi connectivity index (χ0n) is 13.1. The zero-order valence-corrected chi connectivity index (χ0v) is 13.9. The van der Waals surface area contributed by atoms with E-state index in [2.05, 4.69) is 5.16 Å². The molecule has 0 amide bonds. The molecule has 0 saturated carbocycles. The first kappa shape index (κ1) is 17.7. The number of nitrogens with zero attached hydrogens (tertiary/aromatic N) is 2. The second-order valence-corrected chi connectivity index (χ2v) is 6.88. The third-order valence-electron chi connectivity index (χ3n) is 3.68. The highest BCUT2D eigenvalue weighted by Gasteiger charge is 2.22. The Kier molecular flexibility index (Phi) is 4.54. The lowest BCUT2D eigenvalue weighted by atomic mass is 9.98. The summed E-state index contributed by atoms with van der Waals surface area (Å²) in [6.07, 6.45) is 0. The van der Waals surface area contributed by atoms with E-state index in [1.165, 1.54) is 12.1 Å². The van der Waals surface area contributed by atoms with Gasteiger partial charge >= 0.3 is 0 Å². The van der Waals surface area contributed by atoms with Crippen molar-refractivity contribution in [3.8, 4) is 28.5 Å². The third-order valence-corrected chi connectivity index (χ3v) is 4.62. The number of primary sulfonamides is 1. The van der Waals surface area contributed by atoms with Gasteiger partial charge in [-0.05, 0) is 29.8 Å². The quantitative estimate of drug-likeness (QED) is 0.753. The summed E-state index contributed by atoms with van der Waals surface area (Å²) in [4.78, 5) is -0.674. The van der Waals surface area contributed by atoms with Crippen LogP contribution in [0.3, 0.4) is 0 Å². The Morgan fingerprint density at radius 2 is 1.96 bits per heavy atom. The van der Waals surface area contributed by atoms with Gasteiger partial charge in [0, 0.05) is 5.56 Å². The number of alkyl halides is 1. The number of nitrogens with two attached hydrogens (primary N) is 1. The maximum absolute atomic E-state index is 14.2. The number of aromatic nitrogens is 1. The summed E-state index contributed by atoms with van der Waals surface area (Å²) in [7, 11) is -4.23. The number of hydrogen-bond donors (Lipinski definition) is 1. The van der Waals surface area contributed by atoms with Crippen molar-refractivity contribution in [2.75, 3.05) is 0 Å². The van der Waals surface area contributed by atoms with Crippen molar-refractivity contribution < 1.29 is 21.7 Å². The van der Waals surface area contributed by atoms with E-state index >= 15 is 0 Å². The zero-order chi connectivity index (χ0) is 18.9. The molecular formula is C17H11F2N3O3S. The number of nitriles is 1. The van der Waals surface area contributed by atoms with Crippen molar-refractivity contribution in [3.05, 3.63) is 59.6 Å². The molecular weight excluding hydrogens is 364 g/mol. The summed E-state index contributed by atoms with van der Waals surface area (Å²) >= 11 is 0. The van der Waals surface area contributed by atoms with E-state index < -0.39 is 27.4 Å². The lowest BCUT2D eigenvalue weighted by Gasteiger charge is -2.06. The van der Waals surface area contributed by atoms with Gasteiger partial charge in [0.25, 0.3) is 0 Å². The van der Waals surface area contributed by atoms with Gasteiger partial charge in [0.2, 0.25) is 10.0 Å². The Hall–Kier alpha value is -3.09. The lowest BCUT2D eigenvalue weighted by Crippen LogP contribution is -2.14. The first-order valence-electron chi connectivity index (χ1n) is 7.23. The van der Waals surface area contributed by atoms with Crippen LogP contribution in [0.4, 0.5) is 8.78 Å². The second kappa shape index (κ2) is 6.67. The fourth-order valence-electron chi connectivity index (χ4n) is 2.53. The normalized spacial score (nSPS) is 11.3. The molecule has 1 heterocycles. The number of hydrogen-bond acceptors (Lipinski definition) is 5. The highest BCUT2D eigenvalue weighted by Crippen LogP contribution is 2.36. The topological polar surface area (TPSA) is 110 Å². The average molecular weight is 375 g/mol. The van der Waals surface area contributed by atoms with Crippen molar-refractivity contribution >= 4 is 10.0 Å². The highest BCUT2D eigenvalue weighted by atomic mass is 32.2. The molecule has 3 aromatic rings. The Morgan fingerprint density at radius 1 is 1.19 bits per heavy atom. The maximum atomic E-state index is 14.2. The molecule has 2 aromatic carbocycles. The number of sulfonamides is 1. The van der Waals surface area contributed by atoms with E-state index in [1.807, 2.05) is 6.07 Å². The molecule has 9 heteroatoms. The van der Waals surface area contributed by atoms with Gasteiger partial charge in [-0.1, -0.05) is 23.4 Å². The summed E-state index contributed by atoms with van der Waals surface area (Å²) in [6, 6.07) is 11.5. The Labute approximate surface area is 147 Å². The lowest BCUT2D eigenvalue weighted by molar-refractivity contribution is 0.332. The van der Waals surface area contributed by atoms with Crippen LogP contribution in [-0.2, 0) is 16.7 Å². The molecule has 0 unspecified atom stereocenters. The van der Waals surface area contributed by atoms with Crippen LogP contribution in [0.15, 0.2) is 51.9 Å². The molecule has 0 saturated heterocycles. The van der Waals surface area contributed by atoms with Gasteiger partial charge in [-0.3, -0.25) is 0 Å². The Bertz CT molecular complexity index is 1130. The molecule has 0 aliphatic heterocycles. The third kappa shape index (κ3) is 3.20. The molecule has 26 heavy (non-hydrogen) atoms. The summed E-state index contributed by atoms with van der Waals surface area (Å²) in [6.45, 7) is -1.00. The standard InChI is InChI=1S/C17H11F2N3O3S/c18-8-14-16(11-4-5-15(13(19)7-11)26(21,23)24)17(22-25-14)12-3-1-2-10(6-12)9-20/h1-7H,8H2,(H2,21,23,24). The van der Waals surface area contributed by atoms with E-state index in [1.54, 1.807) is 18.2 Å². The average Bonchev–Trinajstić information content (AvgIpc) is 3.04. The molecule has 0 aliphatic carbocycles. The van der Waals surface area contributed by atoms with Crippen LogP contribution >= 0.6 is 0 Å². The largest absolute Gasteiger partial charge is 0.357 e. The van der Waals surface area contributed by atoms with E-state index in [9.17, 15) is 17.2 Å². The van der Waals surface area contributed by atoms with E-state index in [4.69, 9.17) is 14.9 Å². The number of benzene rings is 2. The van der Waals surface area contributed by atoms with E-state index in [-0.39, 0.29) is 22.6 Å². The molecule has 0 fully saturated rings.